The number of nitrogens with zero attached hydrogens (tertiary/aromatic N) is 1. The molecule has 18 heavy (non-hydrogen) atoms. The van der Waals surface area contributed by atoms with Crippen LogP contribution in [0.25, 0.3) is 0 Å². The van der Waals surface area contributed by atoms with Crippen LogP contribution < -0.4 is 10.6 Å². The van der Waals surface area contributed by atoms with Crippen molar-refractivity contribution in [2.24, 2.45) is 4.99 Å². The van der Waals surface area contributed by atoms with E-state index in [0.29, 0.717) is 0 Å². The number of fused-ring (bicyclic) bond motifs is 1. The highest BCUT2D eigenvalue weighted by atomic mass is 16.1. The Balaban J connectivity index is 1.91. The normalized spacial score (nSPS) is 24.7. The number of hydrogen-bond acceptors (Lipinski definition) is 3. The molecule has 1 aliphatic heterocycles. The smallest absolute Gasteiger partial charge is 0.221 e. The van der Waals surface area contributed by atoms with Crippen LogP contribution in [0.4, 0.5) is 5.69 Å². The second-order valence-corrected chi connectivity index (χ2v) is 5.20. The van der Waals surface area contributed by atoms with Crippen molar-refractivity contribution in [2.45, 2.75) is 31.7 Å². The van der Waals surface area contributed by atoms with Crippen molar-refractivity contribution in [3.63, 3.8) is 0 Å². The van der Waals surface area contributed by atoms with E-state index >= 15 is 0 Å². The van der Waals surface area contributed by atoms with Gasteiger partial charge in [0.15, 0.2) is 0 Å². The SMILES string of the molecule is CC(=O)Nc1cccc2c1CCC1(CN=CN1)C2. The first kappa shape index (κ1) is 11.3. The number of hydrogen-bond donors (Lipinski definition) is 2. The Kier molecular flexibility index (Phi) is 2.58. The van der Waals surface area contributed by atoms with Crippen LogP contribution >= 0.6 is 0 Å². The minimum atomic E-state index is -0.00832. The van der Waals surface area contributed by atoms with Gasteiger partial charge in [0.1, 0.15) is 0 Å². The summed E-state index contributed by atoms with van der Waals surface area (Å²) in [5, 5.41) is 6.32. The van der Waals surface area contributed by atoms with Crippen molar-refractivity contribution in [3.05, 3.63) is 29.3 Å². The summed E-state index contributed by atoms with van der Waals surface area (Å²) in [5.74, 6) is -0.00832. The minimum absolute atomic E-state index is 0.00832. The van der Waals surface area contributed by atoms with Crippen LogP contribution in [0.1, 0.15) is 24.5 Å². The molecule has 0 bridgehead atoms. The molecule has 1 aromatic rings. The second-order valence-electron chi connectivity index (χ2n) is 5.20. The summed E-state index contributed by atoms with van der Waals surface area (Å²) in [6.07, 6.45) is 4.86. The summed E-state index contributed by atoms with van der Waals surface area (Å²) in [7, 11) is 0. The first-order valence-electron chi connectivity index (χ1n) is 6.33. The molecule has 3 rings (SSSR count). The molecule has 1 aliphatic carbocycles. The number of nitrogens with one attached hydrogen (secondary N) is 2. The molecule has 4 heteroatoms. The summed E-state index contributed by atoms with van der Waals surface area (Å²) in [6, 6.07) is 6.15. The maximum atomic E-state index is 11.2. The lowest BCUT2D eigenvalue weighted by molar-refractivity contribution is -0.114. The number of benzene rings is 1. The van der Waals surface area contributed by atoms with Gasteiger partial charge in [-0.3, -0.25) is 9.79 Å². The quantitative estimate of drug-likeness (QED) is 0.785. The molecule has 4 nitrogen and oxygen atoms in total. The molecule has 94 valence electrons. The number of carbonyl (C=O) groups is 1. The van der Waals surface area contributed by atoms with Crippen LogP contribution in [0.3, 0.4) is 0 Å². The molecule has 0 fully saturated rings. The third-order valence-corrected chi connectivity index (χ3v) is 3.82. The van der Waals surface area contributed by atoms with E-state index in [9.17, 15) is 4.79 Å². The summed E-state index contributed by atoms with van der Waals surface area (Å²) < 4.78 is 0. The van der Waals surface area contributed by atoms with E-state index in [2.05, 4.69) is 21.7 Å². The number of carbonyl (C=O) groups excluding carboxylic acids is 1. The molecule has 1 aromatic carbocycles. The van der Waals surface area contributed by atoms with E-state index in [1.165, 1.54) is 11.1 Å². The topological polar surface area (TPSA) is 53.5 Å². The first-order chi connectivity index (χ1) is 8.69. The predicted molar refractivity (Wildman–Crippen MR) is 72.0 cm³/mol. The van der Waals surface area contributed by atoms with Gasteiger partial charge in [0, 0.05) is 12.6 Å². The zero-order valence-corrected chi connectivity index (χ0v) is 10.5. The average molecular weight is 243 g/mol. The zero-order valence-electron chi connectivity index (χ0n) is 10.5. The Morgan fingerprint density at radius 1 is 1.50 bits per heavy atom. The van der Waals surface area contributed by atoms with Gasteiger partial charge in [-0.1, -0.05) is 12.1 Å². The van der Waals surface area contributed by atoms with Gasteiger partial charge in [0.2, 0.25) is 5.91 Å². The highest BCUT2D eigenvalue weighted by Crippen LogP contribution is 2.34. The van der Waals surface area contributed by atoms with Crippen molar-refractivity contribution in [1.82, 2.24) is 5.32 Å². The Bertz CT molecular complexity index is 514. The van der Waals surface area contributed by atoms with Gasteiger partial charge in [0.25, 0.3) is 0 Å². The van der Waals surface area contributed by atoms with Crippen molar-refractivity contribution < 1.29 is 4.79 Å². The van der Waals surface area contributed by atoms with E-state index in [4.69, 9.17) is 0 Å². The molecular formula is C14H17N3O. The molecule has 1 atom stereocenters. The van der Waals surface area contributed by atoms with E-state index < -0.39 is 0 Å². The van der Waals surface area contributed by atoms with Gasteiger partial charge < -0.3 is 10.6 Å². The van der Waals surface area contributed by atoms with Gasteiger partial charge in [-0.2, -0.15) is 0 Å². The van der Waals surface area contributed by atoms with Gasteiger partial charge in [-0.15, -0.1) is 0 Å². The summed E-state index contributed by atoms with van der Waals surface area (Å²) in [6.45, 7) is 2.41. The highest BCUT2D eigenvalue weighted by Gasteiger charge is 2.36. The van der Waals surface area contributed by atoms with Crippen LogP contribution in [-0.4, -0.2) is 24.3 Å². The molecule has 0 radical (unpaired) electrons. The van der Waals surface area contributed by atoms with E-state index in [-0.39, 0.29) is 11.4 Å². The third-order valence-electron chi connectivity index (χ3n) is 3.82. The number of aliphatic imine (C=N–C) groups is 1. The van der Waals surface area contributed by atoms with Crippen LogP contribution in [0, 0.1) is 0 Å². The predicted octanol–water partition coefficient (Wildman–Crippen LogP) is 1.50. The largest absolute Gasteiger partial charge is 0.369 e. The maximum absolute atomic E-state index is 11.2. The Morgan fingerprint density at radius 3 is 3.11 bits per heavy atom. The fraction of sp³-hybridized carbons (Fsp3) is 0.429. The first-order valence-corrected chi connectivity index (χ1v) is 6.33. The molecule has 1 spiro atoms. The molecule has 1 amide bonds. The van der Waals surface area contributed by atoms with Gasteiger partial charge >= 0.3 is 0 Å². The van der Waals surface area contributed by atoms with Crippen LogP contribution in [0.5, 0.6) is 0 Å². The molecule has 2 N–H and O–H groups in total. The Morgan fingerprint density at radius 2 is 2.39 bits per heavy atom. The van der Waals surface area contributed by atoms with Gasteiger partial charge in [-0.05, 0) is 36.5 Å². The number of anilines is 1. The molecule has 0 saturated heterocycles. The highest BCUT2D eigenvalue weighted by molar-refractivity contribution is 5.89. The van der Waals surface area contributed by atoms with Crippen LogP contribution in [-0.2, 0) is 17.6 Å². The summed E-state index contributed by atoms with van der Waals surface area (Å²) in [5.41, 5.74) is 3.69. The molecule has 1 unspecified atom stereocenters. The van der Waals surface area contributed by atoms with Crippen molar-refractivity contribution >= 4 is 17.9 Å². The fourth-order valence-corrected chi connectivity index (χ4v) is 2.93. The Hall–Kier alpha value is -1.84. The van der Waals surface area contributed by atoms with E-state index in [1.807, 2.05) is 18.5 Å². The molecule has 0 aromatic heterocycles. The maximum Gasteiger partial charge on any atom is 0.221 e. The lowest BCUT2D eigenvalue weighted by Gasteiger charge is -2.35. The van der Waals surface area contributed by atoms with Gasteiger partial charge in [0.05, 0.1) is 18.4 Å². The number of rotatable bonds is 1. The van der Waals surface area contributed by atoms with Crippen molar-refractivity contribution in [3.8, 4) is 0 Å². The zero-order chi connectivity index (χ0) is 12.6. The summed E-state index contributed by atoms with van der Waals surface area (Å²) in [4.78, 5) is 15.5. The van der Waals surface area contributed by atoms with E-state index in [0.717, 1.165) is 31.5 Å². The van der Waals surface area contributed by atoms with E-state index in [1.54, 1.807) is 6.92 Å². The molecule has 0 saturated carbocycles. The van der Waals surface area contributed by atoms with Crippen LogP contribution in [0.15, 0.2) is 23.2 Å². The molecule has 1 heterocycles. The fourth-order valence-electron chi connectivity index (χ4n) is 2.93. The van der Waals surface area contributed by atoms with Gasteiger partial charge in [-0.25, -0.2) is 0 Å². The Labute approximate surface area is 106 Å². The lowest BCUT2D eigenvalue weighted by atomic mass is 9.78. The summed E-state index contributed by atoms with van der Waals surface area (Å²) >= 11 is 0. The monoisotopic (exact) mass is 243 g/mol. The second kappa shape index (κ2) is 4.12. The standard InChI is InChI=1S/C14H17N3O/c1-10(18)17-13-4-2-3-11-7-14(6-5-12(11)13)8-15-9-16-14/h2-4,9H,5-8H2,1H3,(H,15,16)(H,17,18). The van der Waals surface area contributed by atoms with Crippen molar-refractivity contribution in [1.29, 1.82) is 0 Å². The third kappa shape index (κ3) is 1.88. The average Bonchev–Trinajstić information content (AvgIpc) is 2.76. The number of amides is 1. The lowest BCUT2D eigenvalue weighted by Crippen LogP contribution is -2.47. The minimum Gasteiger partial charge on any atom is -0.369 e. The van der Waals surface area contributed by atoms with Crippen molar-refractivity contribution in [2.75, 3.05) is 11.9 Å². The van der Waals surface area contributed by atoms with Crippen LogP contribution in [0.2, 0.25) is 0 Å². The molecule has 2 aliphatic rings. The molecular weight excluding hydrogens is 226 g/mol.